The summed E-state index contributed by atoms with van der Waals surface area (Å²) in [5, 5.41) is 16.0. The standard InChI is InChI=1S/C15H13N3O2/c1-10-6-7-16-18(10)9-11-8-13(15(19)20)12-4-2-3-5-14(12)17-11/h2-8H,9H2,1H3,(H,19,20)/p-1. The molecule has 20 heavy (non-hydrogen) atoms. The van der Waals surface area contributed by atoms with E-state index in [0.717, 1.165) is 5.69 Å². The fraction of sp³-hybridized carbons (Fsp3) is 0.133. The molecular weight excluding hydrogens is 254 g/mol. The zero-order chi connectivity index (χ0) is 14.1. The lowest BCUT2D eigenvalue weighted by Gasteiger charge is -2.11. The Bertz CT molecular complexity index is 793. The van der Waals surface area contributed by atoms with Crippen LogP contribution in [0.3, 0.4) is 0 Å². The van der Waals surface area contributed by atoms with Crippen LogP contribution in [0.5, 0.6) is 0 Å². The third-order valence-corrected chi connectivity index (χ3v) is 3.23. The molecule has 2 aromatic heterocycles. The molecule has 0 spiro atoms. The minimum atomic E-state index is -1.19. The van der Waals surface area contributed by atoms with Crippen LogP contribution < -0.4 is 5.11 Å². The van der Waals surface area contributed by atoms with E-state index in [2.05, 4.69) is 10.1 Å². The molecule has 0 aliphatic rings. The first-order valence-electron chi connectivity index (χ1n) is 6.23. The zero-order valence-corrected chi connectivity index (χ0v) is 10.9. The number of para-hydroxylation sites is 1. The number of hydrogen-bond acceptors (Lipinski definition) is 4. The van der Waals surface area contributed by atoms with Crippen LogP contribution in [0.4, 0.5) is 0 Å². The molecule has 2 heterocycles. The summed E-state index contributed by atoms with van der Waals surface area (Å²) in [6, 6.07) is 10.6. The minimum absolute atomic E-state index is 0.162. The number of carbonyl (C=O) groups is 1. The van der Waals surface area contributed by atoms with Crippen molar-refractivity contribution in [2.75, 3.05) is 0 Å². The minimum Gasteiger partial charge on any atom is -0.545 e. The van der Waals surface area contributed by atoms with E-state index in [9.17, 15) is 9.90 Å². The van der Waals surface area contributed by atoms with Crippen LogP contribution in [0.1, 0.15) is 21.7 Å². The third kappa shape index (κ3) is 2.14. The van der Waals surface area contributed by atoms with Gasteiger partial charge in [0.15, 0.2) is 0 Å². The summed E-state index contributed by atoms with van der Waals surface area (Å²) in [6.07, 6.45) is 1.70. The summed E-state index contributed by atoms with van der Waals surface area (Å²) in [6.45, 7) is 2.37. The molecule has 0 atom stereocenters. The molecule has 0 aliphatic heterocycles. The van der Waals surface area contributed by atoms with Crippen LogP contribution in [-0.4, -0.2) is 20.7 Å². The van der Waals surface area contributed by atoms with Crippen molar-refractivity contribution in [3.8, 4) is 0 Å². The Labute approximate surface area is 115 Å². The van der Waals surface area contributed by atoms with E-state index in [1.807, 2.05) is 19.1 Å². The summed E-state index contributed by atoms with van der Waals surface area (Å²) < 4.78 is 1.77. The topological polar surface area (TPSA) is 70.8 Å². The van der Waals surface area contributed by atoms with Crippen molar-refractivity contribution in [2.24, 2.45) is 0 Å². The first kappa shape index (κ1) is 12.3. The predicted octanol–water partition coefficient (Wildman–Crippen LogP) is 1.15. The van der Waals surface area contributed by atoms with E-state index in [0.29, 0.717) is 23.1 Å². The van der Waals surface area contributed by atoms with Gasteiger partial charge in [-0.1, -0.05) is 18.2 Å². The SMILES string of the molecule is Cc1ccnn1Cc1cc(C(=O)[O-])c2ccccc2n1. The van der Waals surface area contributed by atoms with E-state index in [-0.39, 0.29) is 5.56 Å². The number of aromatic carboxylic acids is 1. The molecule has 0 saturated heterocycles. The van der Waals surface area contributed by atoms with E-state index < -0.39 is 5.97 Å². The number of carboxylic acid groups (broad SMARTS) is 1. The number of rotatable bonds is 3. The molecule has 0 aliphatic carbocycles. The van der Waals surface area contributed by atoms with Gasteiger partial charge < -0.3 is 9.90 Å². The monoisotopic (exact) mass is 266 g/mol. The highest BCUT2D eigenvalue weighted by Gasteiger charge is 2.08. The Kier molecular flexibility index (Phi) is 2.95. The van der Waals surface area contributed by atoms with Crippen molar-refractivity contribution in [3.63, 3.8) is 0 Å². The average molecular weight is 266 g/mol. The fourth-order valence-corrected chi connectivity index (χ4v) is 2.20. The van der Waals surface area contributed by atoms with Crippen LogP contribution in [0, 0.1) is 6.92 Å². The van der Waals surface area contributed by atoms with Gasteiger partial charge in [0, 0.05) is 22.8 Å². The quantitative estimate of drug-likeness (QED) is 0.713. The van der Waals surface area contributed by atoms with Crippen LogP contribution in [-0.2, 0) is 6.54 Å². The Morgan fingerprint density at radius 1 is 1.30 bits per heavy atom. The van der Waals surface area contributed by atoms with E-state index in [1.165, 1.54) is 0 Å². The van der Waals surface area contributed by atoms with Gasteiger partial charge in [-0.05, 0) is 25.1 Å². The van der Waals surface area contributed by atoms with Gasteiger partial charge in [-0.15, -0.1) is 0 Å². The fourth-order valence-electron chi connectivity index (χ4n) is 2.20. The number of pyridine rings is 1. The second-order valence-electron chi connectivity index (χ2n) is 4.60. The molecule has 3 aromatic rings. The van der Waals surface area contributed by atoms with Crippen LogP contribution >= 0.6 is 0 Å². The first-order chi connectivity index (χ1) is 9.65. The molecule has 100 valence electrons. The molecule has 0 N–H and O–H groups in total. The second kappa shape index (κ2) is 4.77. The van der Waals surface area contributed by atoms with Gasteiger partial charge in [0.2, 0.25) is 0 Å². The van der Waals surface area contributed by atoms with E-state index >= 15 is 0 Å². The molecule has 0 saturated carbocycles. The number of carboxylic acids is 1. The van der Waals surface area contributed by atoms with Gasteiger partial charge in [-0.25, -0.2) is 0 Å². The van der Waals surface area contributed by atoms with Crippen molar-refractivity contribution >= 4 is 16.9 Å². The lowest BCUT2D eigenvalue weighted by atomic mass is 10.1. The first-order valence-corrected chi connectivity index (χ1v) is 6.23. The van der Waals surface area contributed by atoms with Gasteiger partial charge >= 0.3 is 0 Å². The summed E-state index contributed by atoms with van der Waals surface area (Å²) in [7, 11) is 0. The molecule has 0 amide bonds. The van der Waals surface area contributed by atoms with Crippen molar-refractivity contribution < 1.29 is 9.90 Å². The van der Waals surface area contributed by atoms with Gasteiger partial charge in [-0.2, -0.15) is 5.10 Å². The Morgan fingerprint density at radius 2 is 2.10 bits per heavy atom. The zero-order valence-electron chi connectivity index (χ0n) is 10.9. The normalized spacial score (nSPS) is 10.8. The average Bonchev–Trinajstić information content (AvgIpc) is 2.83. The molecule has 3 rings (SSSR count). The number of aryl methyl sites for hydroxylation is 1. The Balaban J connectivity index is 2.12. The Morgan fingerprint density at radius 3 is 2.80 bits per heavy atom. The summed E-state index contributed by atoms with van der Waals surface area (Å²) in [5.41, 5.74) is 2.45. The lowest BCUT2D eigenvalue weighted by molar-refractivity contribution is -0.254. The third-order valence-electron chi connectivity index (χ3n) is 3.23. The summed E-state index contributed by atoms with van der Waals surface area (Å²) >= 11 is 0. The number of carbonyl (C=O) groups excluding carboxylic acids is 1. The van der Waals surface area contributed by atoms with Crippen molar-refractivity contribution in [1.82, 2.24) is 14.8 Å². The van der Waals surface area contributed by atoms with Crippen molar-refractivity contribution in [3.05, 3.63) is 59.5 Å². The maximum atomic E-state index is 11.3. The molecular formula is C15H12N3O2-. The highest BCUT2D eigenvalue weighted by atomic mass is 16.4. The van der Waals surface area contributed by atoms with E-state index in [4.69, 9.17) is 0 Å². The highest BCUT2D eigenvalue weighted by Crippen LogP contribution is 2.18. The van der Waals surface area contributed by atoms with E-state index in [1.54, 1.807) is 35.1 Å². The maximum absolute atomic E-state index is 11.3. The van der Waals surface area contributed by atoms with Gasteiger partial charge in [0.25, 0.3) is 0 Å². The summed E-state index contributed by atoms with van der Waals surface area (Å²) in [5.74, 6) is -1.19. The number of benzene rings is 1. The number of nitrogens with zero attached hydrogens (tertiary/aromatic N) is 3. The highest BCUT2D eigenvalue weighted by molar-refractivity contribution is 6.01. The molecule has 0 unspecified atom stereocenters. The Hall–Kier alpha value is -2.69. The molecule has 0 bridgehead atoms. The van der Waals surface area contributed by atoms with Gasteiger partial charge in [0.05, 0.1) is 23.7 Å². The second-order valence-corrected chi connectivity index (χ2v) is 4.60. The molecule has 0 fully saturated rings. The van der Waals surface area contributed by atoms with Crippen molar-refractivity contribution in [2.45, 2.75) is 13.5 Å². The van der Waals surface area contributed by atoms with Crippen molar-refractivity contribution in [1.29, 1.82) is 0 Å². The lowest BCUT2D eigenvalue weighted by Crippen LogP contribution is -2.23. The van der Waals surface area contributed by atoms with Crippen LogP contribution in [0.15, 0.2) is 42.6 Å². The van der Waals surface area contributed by atoms with Crippen LogP contribution in [0.2, 0.25) is 0 Å². The molecule has 5 heteroatoms. The number of hydrogen-bond donors (Lipinski definition) is 0. The number of aromatic nitrogens is 3. The molecule has 1 aromatic carbocycles. The maximum Gasteiger partial charge on any atom is 0.0834 e. The molecule has 0 radical (unpaired) electrons. The molecule has 5 nitrogen and oxygen atoms in total. The smallest absolute Gasteiger partial charge is 0.0834 e. The van der Waals surface area contributed by atoms with Gasteiger partial charge in [0.1, 0.15) is 0 Å². The van der Waals surface area contributed by atoms with Crippen LogP contribution in [0.25, 0.3) is 10.9 Å². The number of fused-ring (bicyclic) bond motifs is 1. The predicted molar refractivity (Wildman–Crippen MR) is 72.1 cm³/mol. The van der Waals surface area contributed by atoms with Gasteiger partial charge in [-0.3, -0.25) is 9.67 Å². The summed E-state index contributed by atoms with van der Waals surface area (Å²) in [4.78, 5) is 15.8. The largest absolute Gasteiger partial charge is 0.545 e.